The molecule has 1 unspecified atom stereocenters. The first-order valence-corrected chi connectivity index (χ1v) is 29.9. The van der Waals surface area contributed by atoms with Gasteiger partial charge < -0.3 is 82.0 Å². The second-order valence-corrected chi connectivity index (χ2v) is 23.3. The van der Waals surface area contributed by atoms with E-state index in [9.17, 15) is 63.9 Å². The number of urea groups is 1. The lowest BCUT2D eigenvalue weighted by Gasteiger charge is -2.29. The van der Waals surface area contributed by atoms with Crippen LogP contribution in [0.5, 0.6) is 23.0 Å². The zero-order chi connectivity index (χ0) is 61.1. The number of amides is 8. The summed E-state index contributed by atoms with van der Waals surface area (Å²) in [5, 5.41) is 70.7. The van der Waals surface area contributed by atoms with Crippen molar-refractivity contribution in [2.45, 2.75) is 139 Å². The fourth-order valence-corrected chi connectivity index (χ4v) is 11.0. The number of carbonyl (C=O) groups is 8. The van der Waals surface area contributed by atoms with Gasteiger partial charge in [-0.3, -0.25) is 24.0 Å². The molecule has 2 aliphatic heterocycles. The first-order chi connectivity index (χ1) is 40.1. The van der Waals surface area contributed by atoms with Crippen LogP contribution in [-0.4, -0.2) is 183 Å². The molecule has 84 heavy (non-hydrogen) atoms. The summed E-state index contributed by atoms with van der Waals surface area (Å²) in [6, 6.07) is 16.8. The number of hydrogen-bond acceptors (Lipinski definition) is 17. The van der Waals surface area contributed by atoms with Crippen molar-refractivity contribution in [2.75, 3.05) is 71.2 Å². The second-order valence-electron chi connectivity index (χ2n) is 22.1. The summed E-state index contributed by atoms with van der Waals surface area (Å²) in [7, 11) is 0. The van der Waals surface area contributed by atoms with Gasteiger partial charge in [0.05, 0.1) is 24.9 Å². The minimum absolute atomic E-state index is 0.0321. The van der Waals surface area contributed by atoms with Crippen molar-refractivity contribution in [3.05, 3.63) is 83.4 Å². The molecule has 24 nitrogen and oxygen atoms in total. The molecule has 5 rings (SSSR count). The number of ether oxygens (including phenoxy) is 2. The number of nitrogens with one attached hydrogen (secondary N) is 7. The van der Waals surface area contributed by atoms with E-state index < -0.39 is 71.2 Å². The Morgan fingerprint density at radius 1 is 0.607 bits per heavy atom. The Morgan fingerprint density at radius 3 is 1.69 bits per heavy atom. The molecule has 3 aromatic rings. The van der Waals surface area contributed by atoms with Crippen LogP contribution >= 0.6 is 11.8 Å². The Labute approximate surface area is 494 Å². The first-order valence-electron chi connectivity index (χ1n) is 28.8. The maximum absolute atomic E-state index is 13.4. The highest BCUT2D eigenvalue weighted by atomic mass is 32.2. The number of rotatable bonds is 36. The first kappa shape index (κ1) is 67.3. The van der Waals surface area contributed by atoms with Crippen LogP contribution in [0.2, 0.25) is 0 Å². The third-order valence-corrected chi connectivity index (χ3v) is 15.4. The maximum Gasteiger partial charge on any atom is 0.410 e. The van der Waals surface area contributed by atoms with Crippen molar-refractivity contribution >= 4 is 59.4 Å². The molecule has 2 heterocycles. The number of unbranched alkanes of at least 4 members (excludes halogenated alkanes) is 3. The Bertz CT molecular complexity index is 2660. The number of esters is 1. The van der Waals surface area contributed by atoms with Crippen molar-refractivity contribution in [1.29, 1.82) is 0 Å². The van der Waals surface area contributed by atoms with Gasteiger partial charge in [-0.05, 0) is 140 Å². The average molecular weight is 1190 g/mol. The number of thioether (sulfide) groups is 1. The van der Waals surface area contributed by atoms with Gasteiger partial charge in [0.2, 0.25) is 17.7 Å². The molecule has 2 fully saturated rings. The van der Waals surface area contributed by atoms with Crippen molar-refractivity contribution < 1.29 is 73.4 Å². The van der Waals surface area contributed by atoms with E-state index in [4.69, 9.17) is 9.47 Å². The van der Waals surface area contributed by atoms with Crippen LogP contribution in [0.15, 0.2) is 66.7 Å². The quantitative estimate of drug-likeness (QED) is 0.0167. The Morgan fingerprint density at radius 2 is 1.12 bits per heavy atom. The summed E-state index contributed by atoms with van der Waals surface area (Å²) in [6.07, 6.45) is 4.34. The largest absolute Gasteiger partial charge is 0.504 e. The van der Waals surface area contributed by atoms with Crippen molar-refractivity contribution in [3.63, 3.8) is 0 Å². The highest BCUT2D eigenvalue weighted by Crippen LogP contribution is 2.33. The molecule has 4 atom stereocenters. The van der Waals surface area contributed by atoms with Crippen LogP contribution in [0.3, 0.4) is 0 Å². The molecule has 2 saturated heterocycles. The summed E-state index contributed by atoms with van der Waals surface area (Å²) < 4.78 is 11.0. The molecule has 2 aliphatic rings. The van der Waals surface area contributed by atoms with Crippen LogP contribution in [-0.2, 0) is 35.3 Å². The fraction of sp³-hybridized carbons (Fsp3) is 0.559. The topological polar surface area (TPSA) is 347 Å². The highest BCUT2D eigenvalue weighted by molar-refractivity contribution is 8.00. The number of phenols is 4. The molecule has 0 aliphatic carbocycles. The Kier molecular flexibility index (Phi) is 27.5. The summed E-state index contributed by atoms with van der Waals surface area (Å²) in [4.78, 5) is 107. The summed E-state index contributed by atoms with van der Waals surface area (Å²) in [5.41, 5.74) is -2.43. The van der Waals surface area contributed by atoms with Gasteiger partial charge in [0.15, 0.2) is 28.6 Å². The number of fused-ring (bicyclic) bond motifs is 1. The van der Waals surface area contributed by atoms with E-state index >= 15 is 0 Å². The number of hydrogen-bond donors (Lipinski definition) is 12. The smallest absolute Gasteiger partial charge is 0.410 e. The van der Waals surface area contributed by atoms with Gasteiger partial charge in [-0.1, -0.05) is 36.8 Å². The van der Waals surface area contributed by atoms with Gasteiger partial charge in [0, 0.05) is 74.4 Å². The minimum Gasteiger partial charge on any atom is -0.504 e. The number of nitrogens with zero attached hydrogens (tertiary/aromatic N) is 2. The van der Waals surface area contributed by atoms with Gasteiger partial charge in [0.25, 0.3) is 11.8 Å². The molecule has 0 bridgehead atoms. The van der Waals surface area contributed by atoms with E-state index in [2.05, 4.69) is 42.1 Å². The lowest BCUT2D eigenvalue weighted by atomic mass is 9.94. The van der Waals surface area contributed by atoms with Crippen molar-refractivity contribution in [3.8, 4) is 23.0 Å². The molecule has 0 saturated carbocycles. The SMILES string of the molecule is CC(C)(C)OC(=O)C(O)(CC(=O)NCCCCN(CCCNC(=O)CCCC[C@@H]1SC[C@@H]2NC(=O)N[C@@H]21)CCCNC(=O)c1ccc(O)c(O)c1)CC(=O)NCCCCN(CCCNC(=O)c1ccc(O)c(O)c1)C(=O)OCc1ccccc1. The van der Waals surface area contributed by atoms with Crippen LogP contribution in [0, 0.1) is 0 Å². The zero-order valence-electron chi connectivity index (χ0n) is 48.4. The normalized spacial score (nSPS) is 16.1. The van der Waals surface area contributed by atoms with E-state index in [0.717, 1.165) is 36.6 Å². The average Bonchev–Trinajstić information content (AvgIpc) is 3.47. The zero-order valence-corrected chi connectivity index (χ0v) is 49.2. The lowest BCUT2D eigenvalue weighted by Crippen LogP contribution is -2.50. The van der Waals surface area contributed by atoms with Crippen LogP contribution in [0.1, 0.15) is 131 Å². The minimum atomic E-state index is -2.50. The van der Waals surface area contributed by atoms with Gasteiger partial charge >= 0.3 is 18.1 Å². The van der Waals surface area contributed by atoms with E-state index in [-0.39, 0.29) is 86.0 Å². The summed E-state index contributed by atoms with van der Waals surface area (Å²) in [6.45, 7) is 8.33. The standard InChI is InChI=1S/C59H85N9O15S/c1-58(2,3)83-55(78)59(81,37-51(75)62-25-10-12-32-68(57(80)82-38-40-16-5-4-6-17-40)33-15-28-64-54(77)42-21-23-45(70)47(72)35-42)36-50(74)61-24-9-11-29-67(31-14-27-63-53(76)41-20-22-44(69)46(71)34-41)30-13-26-60-49(73)19-8-7-18-48-52-43(39-84-48)65-56(79)66-52/h4-6,16-17,20-23,34-35,43,48,52,69-72,81H,7-15,18-19,24-33,36-39H2,1-3H3,(H,60,73)(H,61,74)(H,62,75)(H,63,76)(H,64,77)(H2,65,66,79)/t43-,48-,52-,59?/m0/s1. The maximum atomic E-state index is 13.4. The third kappa shape index (κ3) is 24.0. The van der Waals surface area contributed by atoms with E-state index in [0.29, 0.717) is 89.3 Å². The molecule has 8 amide bonds. The highest BCUT2D eigenvalue weighted by Gasteiger charge is 2.44. The Balaban J connectivity index is 1.05. The Hall–Kier alpha value is -7.51. The second kappa shape index (κ2) is 34.3. The number of phenolic OH excluding ortho intramolecular Hbond substituents is 4. The molecular weight excluding hydrogens is 1110 g/mol. The van der Waals surface area contributed by atoms with Gasteiger partial charge in [-0.25, -0.2) is 14.4 Å². The predicted molar refractivity (Wildman–Crippen MR) is 314 cm³/mol. The number of aliphatic hydroxyl groups is 1. The summed E-state index contributed by atoms with van der Waals surface area (Å²) in [5.74, 6) is -4.09. The van der Waals surface area contributed by atoms with Gasteiger partial charge in [-0.15, -0.1) is 0 Å². The number of carbonyl (C=O) groups excluding carboxylic acids is 8. The van der Waals surface area contributed by atoms with Crippen LogP contribution in [0.25, 0.3) is 0 Å². The van der Waals surface area contributed by atoms with E-state index in [1.807, 2.05) is 42.1 Å². The van der Waals surface area contributed by atoms with Crippen molar-refractivity contribution in [1.82, 2.24) is 47.0 Å². The van der Waals surface area contributed by atoms with E-state index in [1.54, 1.807) is 20.8 Å². The molecule has 462 valence electrons. The molecular formula is C59H85N9O15S. The molecule has 0 aromatic heterocycles. The molecule has 0 spiro atoms. The molecule has 12 N–H and O–H groups in total. The molecule has 3 aromatic carbocycles. The molecule has 0 radical (unpaired) electrons. The van der Waals surface area contributed by atoms with Gasteiger partial charge in [-0.2, -0.15) is 11.8 Å². The number of aromatic hydroxyl groups is 4. The van der Waals surface area contributed by atoms with Crippen LogP contribution in [0.4, 0.5) is 9.59 Å². The van der Waals surface area contributed by atoms with Gasteiger partial charge in [0.1, 0.15) is 12.2 Å². The number of benzene rings is 3. The lowest BCUT2D eigenvalue weighted by molar-refractivity contribution is -0.181. The molecule has 25 heteroatoms. The fourth-order valence-electron chi connectivity index (χ4n) is 9.42. The predicted octanol–water partition coefficient (Wildman–Crippen LogP) is 4.27. The van der Waals surface area contributed by atoms with E-state index in [1.165, 1.54) is 35.2 Å². The van der Waals surface area contributed by atoms with Crippen molar-refractivity contribution in [2.24, 2.45) is 0 Å². The third-order valence-electron chi connectivity index (χ3n) is 13.9. The summed E-state index contributed by atoms with van der Waals surface area (Å²) >= 11 is 1.85. The monoisotopic (exact) mass is 1190 g/mol. The van der Waals surface area contributed by atoms with Crippen LogP contribution < -0.4 is 37.2 Å².